The molecule has 0 spiro atoms. The van der Waals surface area contributed by atoms with Crippen molar-refractivity contribution in [3.05, 3.63) is 200 Å². The van der Waals surface area contributed by atoms with Gasteiger partial charge in [-0.1, -0.05) is 170 Å². The van der Waals surface area contributed by atoms with Crippen LogP contribution in [0, 0.1) is 0 Å². The maximum absolute atomic E-state index is 6.50. The van der Waals surface area contributed by atoms with Crippen molar-refractivity contribution >= 4 is 43.5 Å². The summed E-state index contributed by atoms with van der Waals surface area (Å²) in [6.45, 7) is 0. The van der Waals surface area contributed by atoms with Crippen molar-refractivity contribution in [2.75, 3.05) is 0 Å². The van der Waals surface area contributed by atoms with Gasteiger partial charge >= 0.3 is 0 Å². The summed E-state index contributed by atoms with van der Waals surface area (Å²) in [5.41, 5.74) is 11.2. The minimum absolute atomic E-state index is 0.557. The molecule has 11 rings (SSSR count). The fourth-order valence-corrected chi connectivity index (χ4v) is 8.09. The second-order valence-corrected chi connectivity index (χ2v) is 14.4. The molecule has 4 heteroatoms. The maximum Gasteiger partial charge on any atom is 0.167 e. The number of nitrogens with zero attached hydrogens (tertiary/aromatic N) is 3. The molecule has 9 aromatic carbocycles. The largest absolute Gasteiger partial charge is 0.455 e. The van der Waals surface area contributed by atoms with Crippen LogP contribution in [0.1, 0.15) is 0 Å². The van der Waals surface area contributed by atoms with Crippen LogP contribution in [0.25, 0.3) is 111 Å². The van der Waals surface area contributed by atoms with E-state index in [2.05, 4.69) is 170 Å². The quantitative estimate of drug-likeness (QED) is 0.171. The lowest BCUT2D eigenvalue weighted by molar-refractivity contribution is 0.669. The van der Waals surface area contributed by atoms with Crippen LogP contribution in [0.4, 0.5) is 0 Å². The molecule has 57 heavy (non-hydrogen) atoms. The molecule has 0 N–H and O–H groups in total. The summed E-state index contributed by atoms with van der Waals surface area (Å²) < 4.78 is 6.50. The zero-order valence-corrected chi connectivity index (χ0v) is 30.8. The third kappa shape index (κ3) is 5.83. The predicted molar refractivity (Wildman–Crippen MR) is 235 cm³/mol. The smallest absolute Gasteiger partial charge is 0.167 e. The van der Waals surface area contributed by atoms with Gasteiger partial charge in [-0.25, -0.2) is 15.0 Å². The molecule has 0 saturated carbocycles. The molecule has 0 fully saturated rings. The van der Waals surface area contributed by atoms with Crippen molar-refractivity contribution < 1.29 is 4.42 Å². The van der Waals surface area contributed by atoms with E-state index in [0.29, 0.717) is 17.5 Å². The van der Waals surface area contributed by atoms with E-state index in [-0.39, 0.29) is 0 Å². The van der Waals surface area contributed by atoms with Crippen LogP contribution >= 0.6 is 0 Å². The zero-order valence-electron chi connectivity index (χ0n) is 30.8. The summed E-state index contributed by atoms with van der Waals surface area (Å²) in [5.74, 6) is 1.75. The SMILES string of the molecule is c1ccc(-c2ccc(-c3nc(-c4cccc5ccc(-c6cc(-c7ccccc7)c7ccccc7c6)cc45)nc(-c4cccc5c4oc4ccccc45)n3)cc2)cc1. The van der Waals surface area contributed by atoms with Crippen LogP contribution < -0.4 is 0 Å². The van der Waals surface area contributed by atoms with Crippen LogP contribution in [-0.4, -0.2) is 15.0 Å². The number of furan rings is 1. The van der Waals surface area contributed by atoms with Crippen molar-refractivity contribution in [1.82, 2.24) is 15.0 Å². The highest BCUT2D eigenvalue weighted by Gasteiger charge is 2.19. The Labute approximate surface area is 329 Å². The summed E-state index contributed by atoms with van der Waals surface area (Å²) in [7, 11) is 0. The Balaban J connectivity index is 1.11. The van der Waals surface area contributed by atoms with Crippen molar-refractivity contribution in [2.24, 2.45) is 0 Å². The third-order valence-corrected chi connectivity index (χ3v) is 10.9. The van der Waals surface area contributed by atoms with Gasteiger partial charge in [-0.2, -0.15) is 0 Å². The van der Waals surface area contributed by atoms with Crippen molar-refractivity contribution in [1.29, 1.82) is 0 Å². The van der Waals surface area contributed by atoms with E-state index in [4.69, 9.17) is 19.4 Å². The van der Waals surface area contributed by atoms with Crippen LogP contribution in [-0.2, 0) is 0 Å². The van der Waals surface area contributed by atoms with Crippen molar-refractivity contribution in [3.63, 3.8) is 0 Å². The maximum atomic E-state index is 6.50. The molecular formula is C53H33N3O. The molecule has 266 valence electrons. The Morgan fingerprint density at radius 1 is 0.281 bits per heavy atom. The van der Waals surface area contributed by atoms with Crippen LogP contribution in [0.15, 0.2) is 205 Å². The summed E-state index contributed by atoms with van der Waals surface area (Å²) in [4.78, 5) is 15.6. The Morgan fingerprint density at radius 3 is 1.68 bits per heavy atom. The molecule has 0 radical (unpaired) electrons. The lowest BCUT2D eigenvalue weighted by atomic mass is 9.91. The van der Waals surface area contributed by atoms with Gasteiger partial charge in [-0.15, -0.1) is 0 Å². The Hall–Kier alpha value is -7.69. The number of para-hydroxylation sites is 2. The van der Waals surface area contributed by atoms with Gasteiger partial charge in [0.25, 0.3) is 0 Å². The summed E-state index contributed by atoms with van der Waals surface area (Å²) in [6.07, 6.45) is 0. The molecule has 2 heterocycles. The normalized spacial score (nSPS) is 11.5. The van der Waals surface area contributed by atoms with Gasteiger partial charge in [0, 0.05) is 21.9 Å². The van der Waals surface area contributed by atoms with E-state index in [1.54, 1.807) is 0 Å². The molecule has 0 unspecified atom stereocenters. The lowest BCUT2D eigenvalue weighted by Crippen LogP contribution is -2.01. The predicted octanol–water partition coefficient (Wildman–Crippen LogP) is 14.1. The first-order valence-corrected chi connectivity index (χ1v) is 19.2. The Morgan fingerprint density at radius 2 is 0.860 bits per heavy atom. The highest BCUT2D eigenvalue weighted by molar-refractivity contribution is 6.09. The average Bonchev–Trinajstić information content (AvgIpc) is 3.68. The molecule has 2 aromatic heterocycles. The number of benzene rings is 9. The molecule has 0 aliphatic heterocycles. The summed E-state index contributed by atoms with van der Waals surface area (Å²) >= 11 is 0. The second-order valence-electron chi connectivity index (χ2n) is 14.4. The van der Waals surface area contributed by atoms with Crippen molar-refractivity contribution in [2.45, 2.75) is 0 Å². The minimum atomic E-state index is 0.557. The van der Waals surface area contributed by atoms with E-state index in [0.717, 1.165) is 71.7 Å². The van der Waals surface area contributed by atoms with E-state index >= 15 is 0 Å². The standard InChI is InChI=1S/C53H33N3O/c1-3-13-34(14-4-1)35-25-28-38(29-26-35)51-54-52(56-53(55-51)46-23-12-21-44-43-20-9-10-24-49(43)57-50(44)46)45-22-11-18-37-27-30-39(32-48(37)45)41-31-40-17-7-8-19-42(40)47(33-41)36-15-5-2-6-16-36/h1-33H. The van der Waals surface area contributed by atoms with Gasteiger partial charge in [0.1, 0.15) is 11.2 Å². The first kappa shape index (κ1) is 32.7. The number of hydrogen-bond acceptors (Lipinski definition) is 4. The molecule has 0 aliphatic carbocycles. The highest BCUT2D eigenvalue weighted by Crippen LogP contribution is 2.39. The molecular weight excluding hydrogens is 695 g/mol. The number of rotatable bonds is 6. The summed E-state index contributed by atoms with van der Waals surface area (Å²) in [6, 6.07) is 70.1. The molecule has 11 aromatic rings. The van der Waals surface area contributed by atoms with E-state index in [1.165, 1.54) is 21.9 Å². The van der Waals surface area contributed by atoms with Crippen LogP contribution in [0.2, 0.25) is 0 Å². The van der Waals surface area contributed by atoms with E-state index in [1.807, 2.05) is 30.3 Å². The second kappa shape index (κ2) is 13.6. The molecule has 0 saturated heterocycles. The van der Waals surface area contributed by atoms with Crippen LogP contribution in [0.3, 0.4) is 0 Å². The minimum Gasteiger partial charge on any atom is -0.455 e. The van der Waals surface area contributed by atoms with Gasteiger partial charge in [-0.05, 0) is 85.3 Å². The third-order valence-electron chi connectivity index (χ3n) is 10.9. The van der Waals surface area contributed by atoms with Gasteiger partial charge < -0.3 is 4.42 Å². The monoisotopic (exact) mass is 727 g/mol. The Bertz CT molecular complexity index is 3280. The molecule has 0 aliphatic rings. The number of fused-ring (bicyclic) bond motifs is 5. The van der Waals surface area contributed by atoms with E-state index in [9.17, 15) is 0 Å². The Kier molecular flexibility index (Phi) is 7.78. The van der Waals surface area contributed by atoms with Gasteiger partial charge in [0.15, 0.2) is 17.5 Å². The topological polar surface area (TPSA) is 51.8 Å². The molecule has 4 nitrogen and oxygen atoms in total. The van der Waals surface area contributed by atoms with Crippen molar-refractivity contribution in [3.8, 4) is 67.5 Å². The van der Waals surface area contributed by atoms with Gasteiger partial charge in [0.05, 0.1) is 5.56 Å². The lowest BCUT2D eigenvalue weighted by Gasteiger charge is -2.14. The van der Waals surface area contributed by atoms with Gasteiger partial charge in [-0.3, -0.25) is 0 Å². The number of aromatic nitrogens is 3. The van der Waals surface area contributed by atoms with Gasteiger partial charge in [0.2, 0.25) is 0 Å². The fourth-order valence-electron chi connectivity index (χ4n) is 8.09. The zero-order chi connectivity index (χ0) is 37.7. The fraction of sp³-hybridized carbons (Fsp3) is 0. The molecule has 0 amide bonds. The highest BCUT2D eigenvalue weighted by atomic mass is 16.3. The average molecular weight is 728 g/mol. The van der Waals surface area contributed by atoms with E-state index < -0.39 is 0 Å². The first-order valence-electron chi connectivity index (χ1n) is 19.2. The number of hydrogen-bond donors (Lipinski definition) is 0. The first-order chi connectivity index (χ1) is 28.2. The summed E-state index contributed by atoms with van der Waals surface area (Å²) in [5, 5.41) is 6.69. The van der Waals surface area contributed by atoms with Crippen LogP contribution in [0.5, 0.6) is 0 Å². The molecule has 0 bridgehead atoms. The molecule has 0 atom stereocenters.